The summed E-state index contributed by atoms with van der Waals surface area (Å²) in [6, 6.07) is 0. The van der Waals surface area contributed by atoms with Crippen LogP contribution in [0.4, 0.5) is 0 Å². The minimum absolute atomic E-state index is 0. The van der Waals surface area contributed by atoms with Crippen LogP contribution in [0.2, 0.25) is 0 Å². The summed E-state index contributed by atoms with van der Waals surface area (Å²) in [6.45, 7) is 0. The van der Waals surface area contributed by atoms with Gasteiger partial charge >= 0.3 is 88.5 Å². The summed E-state index contributed by atoms with van der Waals surface area (Å²) in [5.41, 5.74) is 0. The van der Waals surface area contributed by atoms with Gasteiger partial charge in [0.25, 0.3) is 0 Å². The minimum Gasteiger partial charge on any atom is -1.00 e. The van der Waals surface area contributed by atoms with E-state index in [-0.39, 0.29) is 107 Å². The molecule has 54 valence electrons. The van der Waals surface area contributed by atoms with E-state index in [1.54, 1.807) is 46.0 Å². The average molecular weight is 667 g/mol. The van der Waals surface area contributed by atoms with E-state index in [1.165, 1.54) is 0 Å². The van der Waals surface area contributed by atoms with E-state index in [9.17, 15) is 0 Å². The molecule has 0 bridgehead atoms. The van der Waals surface area contributed by atoms with Crippen LogP contribution in [-0.4, -0.2) is 26.2 Å². The van der Waals surface area contributed by atoms with E-state index >= 15 is 0 Å². The van der Waals surface area contributed by atoms with Crippen molar-refractivity contribution in [2.75, 3.05) is 0 Å². The molecule has 0 aromatic carbocycles. The second-order valence-electron chi connectivity index (χ2n) is 0.0583. The molecule has 0 aliphatic rings. The topological polar surface area (TPSA) is 9.23 Å². The summed E-state index contributed by atoms with van der Waals surface area (Å²) < 4.78 is 4.19. The molecule has 0 aromatic rings. The summed E-state index contributed by atoms with van der Waals surface area (Å²) in [7, 11) is 0. The molecule has 0 aliphatic carbocycles. The summed E-state index contributed by atoms with van der Waals surface area (Å²) in [4.78, 5) is 0. The van der Waals surface area contributed by atoms with Gasteiger partial charge in [-0.2, -0.15) is 0 Å². The van der Waals surface area contributed by atoms with E-state index in [0.29, 0.717) is 0 Å². The molecule has 10 heavy (non-hydrogen) atoms. The van der Waals surface area contributed by atoms with Crippen molar-refractivity contribution in [1.29, 1.82) is 0 Å². The molecular weight excluding hydrogens is 667 g/mol. The van der Waals surface area contributed by atoms with Crippen LogP contribution in [0.3, 0.4) is 0 Å². The van der Waals surface area contributed by atoms with Gasteiger partial charge in [-0.05, 0) is 0 Å². The third-order valence-electron chi connectivity index (χ3n) is 0. The number of rotatable bonds is 0. The molecule has 0 aromatic heterocycles. The van der Waals surface area contributed by atoms with E-state index in [2.05, 4.69) is 1.40 Å². The van der Waals surface area contributed by atoms with Gasteiger partial charge in [0.05, 0.1) is 0 Å². The van der Waals surface area contributed by atoms with E-state index < -0.39 is 0 Å². The van der Waals surface area contributed by atoms with Crippen molar-refractivity contribution in [3.8, 4) is 0 Å². The second-order valence-corrected chi connectivity index (χ2v) is 2.62. The molecule has 0 saturated heterocycles. The van der Waals surface area contributed by atoms with Crippen LogP contribution in [0, 0.1) is 0 Å². The molecule has 0 unspecified atom stereocenters. The zero-order valence-electron chi connectivity index (χ0n) is 4.70. The van der Waals surface area contributed by atoms with Crippen LogP contribution in [-0.2, 0) is 34.1 Å². The van der Waals surface area contributed by atoms with Crippen LogP contribution in [0.1, 0.15) is 0 Å². The van der Waals surface area contributed by atoms with Crippen molar-refractivity contribution >= 4 is 72.2 Å². The van der Waals surface area contributed by atoms with Crippen LogP contribution < -0.4 is 48.4 Å². The fraction of sp³-hybridized carbons (Fsp3) is 0. The van der Waals surface area contributed by atoms with E-state index in [1.807, 2.05) is 0 Å². The molecule has 2 radical (unpaired) electrons. The zero-order chi connectivity index (χ0) is 2.71. The van der Waals surface area contributed by atoms with Gasteiger partial charge in [-0.3, -0.25) is 0 Å². The van der Waals surface area contributed by atoms with Crippen LogP contribution in [0.15, 0.2) is 0 Å². The smallest absolute Gasteiger partial charge is 1.00 e. The summed E-state index contributed by atoms with van der Waals surface area (Å²) in [6.07, 6.45) is 0. The van der Waals surface area contributed by atoms with E-state index in [0.717, 1.165) is 0 Å². The van der Waals surface area contributed by atoms with Crippen LogP contribution >= 0.6 is 46.0 Å². The quantitative estimate of drug-likeness (QED) is 0.142. The Morgan fingerprint density at radius 1 is 0.800 bits per heavy atom. The molecule has 0 amide bonds. The van der Waals surface area contributed by atoms with Gasteiger partial charge < -0.3 is 18.8 Å². The van der Waals surface area contributed by atoms with Crippen LogP contribution in [0.5, 0.6) is 0 Å². The molecule has 0 fully saturated rings. The number of halogens is 6. The van der Waals surface area contributed by atoms with Crippen molar-refractivity contribution < 1.29 is 82.5 Å². The summed E-state index contributed by atoms with van der Waals surface area (Å²) in [5, 5.41) is 0. The van der Waals surface area contributed by atoms with Crippen molar-refractivity contribution in [1.82, 2.24) is 0 Å². The molecule has 0 spiro atoms. The van der Waals surface area contributed by atoms with E-state index in [4.69, 9.17) is 0 Å². The summed E-state index contributed by atoms with van der Waals surface area (Å²) >= 11 is 3.55. The van der Waals surface area contributed by atoms with Gasteiger partial charge in [-0.15, -0.1) is 0 Å². The third kappa shape index (κ3) is 88.2. The molecule has 0 aliphatic heterocycles. The SMILES string of the molecule is IOI.[Bi+3].[F-].[F-].[F-].[F-].[Na+].[Y+3]. The fourth-order valence-corrected chi connectivity index (χ4v) is 0. The molecule has 0 atom stereocenters. The first kappa shape index (κ1) is 64.8. The maximum atomic E-state index is 4.19. The minimum atomic E-state index is 0. The average Bonchev–Trinajstić information content (AvgIpc) is 0.918. The maximum absolute atomic E-state index is 4.19. The van der Waals surface area contributed by atoms with Gasteiger partial charge in [0.1, 0.15) is 46.0 Å². The van der Waals surface area contributed by atoms with Crippen molar-refractivity contribution in [3.05, 3.63) is 0 Å². The summed E-state index contributed by atoms with van der Waals surface area (Å²) in [5.74, 6) is 0. The Balaban J connectivity index is -0.000000000952. The first-order chi connectivity index (χ1) is 1.41. The monoisotopic (exact) mass is 667 g/mol. The van der Waals surface area contributed by atoms with Crippen molar-refractivity contribution in [3.63, 3.8) is 0 Å². The standard InChI is InChI=1S/Bi.4FH.I2O.Na.Y/c;;;;;1-3-2;;/h;4*1H;;;/q+3;;;;;;+1;+3/p-4. The molecule has 0 heterocycles. The molecular formula is BiF4I2NaOY+3. The van der Waals surface area contributed by atoms with Crippen molar-refractivity contribution in [2.45, 2.75) is 0 Å². The fourth-order valence-electron chi connectivity index (χ4n) is 0. The third-order valence-corrected chi connectivity index (χ3v) is 0. The Hall–Kier alpha value is 4.13. The molecule has 1 nitrogen and oxygen atoms in total. The number of hydrogen-bond acceptors (Lipinski definition) is 1. The second kappa shape index (κ2) is 73.4. The molecule has 0 saturated carbocycles. The Morgan fingerprint density at radius 2 is 0.800 bits per heavy atom. The number of hydrogen-bond donors (Lipinski definition) is 0. The van der Waals surface area contributed by atoms with Crippen molar-refractivity contribution in [2.24, 2.45) is 0 Å². The Morgan fingerprint density at radius 3 is 0.800 bits per heavy atom. The van der Waals surface area contributed by atoms with Gasteiger partial charge in [0.15, 0.2) is 0 Å². The van der Waals surface area contributed by atoms with Gasteiger partial charge in [0, 0.05) is 0 Å². The molecule has 0 N–H and O–H groups in total. The first-order valence-corrected chi connectivity index (χ1v) is 2.07. The largest absolute Gasteiger partial charge is 3.00 e. The Kier molecular flexibility index (Phi) is 476. The van der Waals surface area contributed by atoms with Gasteiger partial charge in [0.2, 0.25) is 0 Å². The Bertz CT molecular complexity index is 23.2. The van der Waals surface area contributed by atoms with Crippen LogP contribution in [0.25, 0.3) is 0 Å². The maximum Gasteiger partial charge on any atom is 3.00 e. The van der Waals surface area contributed by atoms with Gasteiger partial charge in [-0.25, -0.2) is 1.40 Å². The first-order valence-electron chi connectivity index (χ1n) is 0.309. The molecule has 10 heteroatoms. The molecule has 0 rings (SSSR count). The predicted octanol–water partition coefficient (Wildman–Crippen LogP) is -13.7. The Labute approximate surface area is 151 Å². The van der Waals surface area contributed by atoms with Gasteiger partial charge in [-0.1, -0.05) is 0 Å². The zero-order valence-corrected chi connectivity index (χ0v) is 17.3. The normalized spacial score (nSPS) is 1.80. The predicted molar refractivity (Wildman–Crippen MR) is 34.9 cm³/mol.